The van der Waals surface area contributed by atoms with Crippen molar-refractivity contribution < 1.29 is 63.2 Å². The van der Waals surface area contributed by atoms with Gasteiger partial charge in [0.15, 0.2) is 18.9 Å². The van der Waals surface area contributed by atoms with Gasteiger partial charge in [0, 0.05) is 30.7 Å². The zero-order chi connectivity index (χ0) is 45.5. The van der Waals surface area contributed by atoms with E-state index in [1.807, 2.05) is 37.8 Å². The van der Waals surface area contributed by atoms with Gasteiger partial charge in [0.05, 0.1) is 54.7 Å². The van der Waals surface area contributed by atoms with Gasteiger partial charge in [0.25, 0.3) is 0 Å². The maximum absolute atomic E-state index is 13.4. The third-order valence-electron chi connectivity index (χ3n) is 13.5. The first kappa shape index (κ1) is 51.8. The van der Waals surface area contributed by atoms with Crippen molar-refractivity contribution in [2.75, 3.05) is 28.2 Å². The van der Waals surface area contributed by atoms with Crippen molar-refractivity contribution in [3.05, 3.63) is 23.8 Å². The lowest BCUT2D eigenvalue weighted by molar-refractivity contribution is -0.342. The molecule has 0 radical (unpaired) electrons. The fourth-order valence-electron chi connectivity index (χ4n) is 9.85. The molecule has 0 aromatic carbocycles. The molecule has 352 valence electrons. The van der Waals surface area contributed by atoms with Crippen LogP contribution in [0.4, 0.5) is 0 Å². The standard InChI is InChI=1S/C46H80N2O13/c1-14-35-26(3)21-25(2)15-17-36(59-38-18-16-33(47(10)11)29(6)55-38)27(4)22-32(19-20-49)42(28(5)34(50)23-37(51)58-35)61-45-41(52)40(48(12)13)43(30(7)57-45)60-39-24-46(9,54)44(53)31(8)56-39/h15,17,20-21,26-36,38-45,50,52-54H,14,16,18-19,22-24H2,1-13H3/b17-15-,25-21+/t26-,27+,28-,29+,30+,31-,32-,33-,34+,35?,36?,38-,39-,40+,41+,42?,43+,44-,45-,46+/m0/s1. The molecule has 20 atom stereocenters. The quantitative estimate of drug-likeness (QED) is 0.173. The summed E-state index contributed by atoms with van der Waals surface area (Å²) in [6.07, 6.45) is -0.704. The van der Waals surface area contributed by atoms with E-state index in [1.54, 1.807) is 34.9 Å². The van der Waals surface area contributed by atoms with Gasteiger partial charge in [-0.3, -0.25) is 4.79 Å². The minimum atomic E-state index is -1.46. The molecule has 4 aliphatic rings. The van der Waals surface area contributed by atoms with E-state index < -0.39 is 103 Å². The van der Waals surface area contributed by atoms with Gasteiger partial charge in [-0.15, -0.1) is 0 Å². The molecule has 0 aromatic rings. The molecule has 0 aliphatic carbocycles. The highest BCUT2D eigenvalue weighted by molar-refractivity contribution is 5.70. The molecule has 4 heterocycles. The highest BCUT2D eigenvalue weighted by atomic mass is 16.7. The van der Waals surface area contributed by atoms with Gasteiger partial charge in [-0.1, -0.05) is 51.5 Å². The number of rotatable bonds is 11. The highest BCUT2D eigenvalue weighted by Gasteiger charge is 2.51. The number of aldehydes is 1. The molecule has 4 N–H and O–H groups in total. The van der Waals surface area contributed by atoms with Crippen LogP contribution in [-0.2, 0) is 42.7 Å². The number of aliphatic hydroxyl groups excluding tert-OH is 3. The molecule has 3 fully saturated rings. The average Bonchev–Trinajstić information content (AvgIpc) is 3.17. The lowest BCUT2D eigenvalue weighted by Crippen LogP contribution is -2.65. The van der Waals surface area contributed by atoms with Gasteiger partial charge in [-0.05, 0) is 100 Å². The van der Waals surface area contributed by atoms with Gasteiger partial charge in [0.1, 0.15) is 30.7 Å². The number of cyclic esters (lactones) is 1. The second kappa shape index (κ2) is 22.9. The number of nitrogens with zero attached hydrogens (tertiary/aromatic N) is 2. The van der Waals surface area contributed by atoms with E-state index in [9.17, 15) is 30.0 Å². The Balaban J connectivity index is 1.69. The molecule has 4 rings (SSSR count). The van der Waals surface area contributed by atoms with E-state index in [-0.39, 0.29) is 43.2 Å². The Hall–Kier alpha value is -1.86. The van der Waals surface area contributed by atoms with E-state index in [2.05, 4.69) is 38.9 Å². The monoisotopic (exact) mass is 869 g/mol. The Morgan fingerprint density at radius 3 is 2.15 bits per heavy atom. The second-order valence-corrected chi connectivity index (χ2v) is 19.2. The van der Waals surface area contributed by atoms with Gasteiger partial charge in [-0.2, -0.15) is 0 Å². The molecule has 4 aliphatic heterocycles. The Kier molecular flexibility index (Phi) is 19.4. The number of hydrogen-bond donors (Lipinski definition) is 4. The maximum atomic E-state index is 13.4. The number of carbonyl (C=O) groups is 2. The Morgan fingerprint density at radius 2 is 1.56 bits per heavy atom. The number of likely N-dealkylation sites (N-methyl/N-ethyl adjacent to an activating group) is 2. The van der Waals surface area contributed by atoms with Crippen molar-refractivity contribution in [3.63, 3.8) is 0 Å². The predicted molar refractivity (Wildman–Crippen MR) is 229 cm³/mol. The minimum Gasteiger partial charge on any atom is -0.462 e. The number of aliphatic hydroxyl groups is 4. The van der Waals surface area contributed by atoms with Crippen molar-refractivity contribution >= 4 is 12.3 Å². The summed E-state index contributed by atoms with van der Waals surface area (Å²) in [5.41, 5.74) is -0.484. The van der Waals surface area contributed by atoms with Crippen LogP contribution in [-0.4, -0.2) is 168 Å². The van der Waals surface area contributed by atoms with Crippen molar-refractivity contribution in [2.24, 2.45) is 23.7 Å². The third kappa shape index (κ3) is 13.6. The van der Waals surface area contributed by atoms with Gasteiger partial charge < -0.3 is 68.2 Å². The molecule has 0 amide bonds. The average molecular weight is 869 g/mol. The largest absolute Gasteiger partial charge is 0.462 e. The Labute approximate surface area is 365 Å². The van der Waals surface area contributed by atoms with Gasteiger partial charge in [-0.25, -0.2) is 0 Å². The first-order chi connectivity index (χ1) is 28.6. The summed E-state index contributed by atoms with van der Waals surface area (Å²) in [6, 6.07) is -0.421. The summed E-state index contributed by atoms with van der Waals surface area (Å²) >= 11 is 0. The summed E-state index contributed by atoms with van der Waals surface area (Å²) < 4.78 is 44.8. The summed E-state index contributed by atoms with van der Waals surface area (Å²) in [7, 11) is 7.71. The van der Waals surface area contributed by atoms with Crippen LogP contribution in [0.1, 0.15) is 107 Å². The van der Waals surface area contributed by atoms with E-state index >= 15 is 0 Å². The molecular weight excluding hydrogens is 789 g/mol. The SMILES string of the molecule is CCC1OC(=O)C[C@@H](O)[C@H](C)C(O[C@@H]2O[C@H](C)[C@@H](O[C@H]3C[C@@](C)(O)[C@@H](O)[C@H](C)O3)[C@H](N(C)C)[C@H]2O)[C@@H](CC=O)C[C@@H](C)C(O[C@H]2CC[C@H](N(C)C)[C@@H](C)O2)/C=C\C(C)=C\[C@@H]1C. The number of ether oxygens (including phenoxy) is 7. The zero-order valence-corrected chi connectivity index (χ0v) is 39.1. The zero-order valence-electron chi connectivity index (χ0n) is 39.1. The van der Waals surface area contributed by atoms with Crippen LogP contribution in [0, 0.1) is 23.7 Å². The first-order valence-corrected chi connectivity index (χ1v) is 22.6. The van der Waals surface area contributed by atoms with Crippen molar-refractivity contribution in [1.82, 2.24) is 9.80 Å². The smallest absolute Gasteiger partial charge is 0.308 e. The van der Waals surface area contributed by atoms with Crippen LogP contribution in [0.2, 0.25) is 0 Å². The second-order valence-electron chi connectivity index (χ2n) is 19.2. The van der Waals surface area contributed by atoms with E-state index in [1.165, 1.54) is 6.92 Å². The maximum Gasteiger partial charge on any atom is 0.308 e. The van der Waals surface area contributed by atoms with Crippen LogP contribution >= 0.6 is 0 Å². The molecule has 15 heteroatoms. The normalized spacial score (nSPS) is 46.4. The molecular formula is C46H80N2O13. The van der Waals surface area contributed by atoms with Crippen molar-refractivity contribution in [3.8, 4) is 0 Å². The van der Waals surface area contributed by atoms with Crippen LogP contribution in [0.3, 0.4) is 0 Å². The molecule has 0 bridgehead atoms. The van der Waals surface area contributed by atoms with E-state index in [0.717, 1.165) is 18.3 Å². The molecule has 15 nitrogen and oxygen atoms in total. The molecule has 61 heavy (non-hydrogen) atoms. The number of carbonyl (C=O) groups excluding carboxylic acids is 2. The van der Waals surface area contributed by atoms with E-state index in [4.69, 9.17) is 33.2 Å². The first-order valence-electron chi connectivity index (χ1n) is 22.6. The summed E-state index contributed by atoms with van der Waals surface area (Å²) in [5.74, 6) is -2.05. The molecule has 3 saturated heterocycles. The van der Waals surface area contributed by atoms with Crippen LogP contribution < -0.4 is 0 Å². The number of allylic oxidation sites excluding steroid dienone is 2. The van der Waals surface area contributed by atoms with Crippen LogP contribution in [0.5, 0.6) is 0 Å². The lowest BCUT2D eigenvalue weighted by Gasteiger charge is -2.50. The fourth-order valence-corrected chi connectivity index (χ4v) is 9.85. The summed E-state index contributed by atoms with van der Waals surface area (Å²) in [6.45, 7) is 16.9. The van der Waals surface area contributed by atoms with Gasteiger partial charge >= 0.3 is 5.97 Å². The van der Waals surface area contributed by atoms with Crippen molar-refractivity contribution in [2.45, 2.75) is 205 Å². The molecule has 3 unspecified atom stereocenters. The highest BCUT2D eigenvalue weighted by Crippen LogP contribution is 2.38. The third-order valence-corrected chi connectivity index (χ3v) is 13.5. The summed E-state index contributed by atoms with van der Waals surface area (Å²) in [5, 5.41) is 45.3. The molecule has 0 saturated carbocycles. The Morgan fingerprint density at radius 1 is 0.885 bits per heavy atom. The van der Waals surface area contributed by atoms with Crippen LogP contribution in [0.15, 0.2) is 23.8 Å². The van der Waals surface area contributed by atoms with Gasteiger partial charge in [0.2, 0.25) is 0 Å². The molecule has 0 aromatic heterocycles. The lowest BCUT2D eigenvalue weighted by atomic mass is 9.79. The van der Waals surface area contributed by atoms with Crippen molar-refractivity contribution in [1.29, 1.82) is 0 Å². The van der Waals surface area contributed by atoms with Crippen LogP contribution in [0.25, 0.3) is 0 Å². The fraction of sp³-hybridized carbons (Fsp3) is 0.870. The predicted octanol–water partition coefficient (Wildman–Crippen LogP) is 3.97. The number of hydrogen-bond acceptors (Lipinski definition) is 15. The molecule has 0 spiro atoms. The number of esters is 1. The minimum absolute atomic E-state index is 0.000458. The van der Waals surface area contributed by atoms with E-state index in [0.29, 0.717) is 19.3 Å². The Bertz CT molecular complexity index is 1440. The summed E-state index contributed by atoms with van der Waals surface area (Å²) in [4.78, 5) is 29.9. The topological polar surface area (TPSA) is 186 Å².